The van der Waals surface area contributed by atoms with Crippen LogP contribution in [0.25, 0.3) is 0 Å². The number of carbonyl (C=O) groups excluding carboxylic acids is 2. The van der Waals surface area contributed by atoms with Crippen molar-refractivity contribution >= 4 is 11.8 Å². The Morgan fingerprint density at radius 1 is 1.36 bits per heavy atom. The minimum absolute atomic E-state index is 0.167. The highest BCUT2D eigenvalue weighted by Crippen LogP contribution is 2.27. The molecule has 0 aromatic carbocycles. The molecule has 152 valence electrons. The smallest absolute Gasteiger partial charge is 0.257 e. The van der Waals surface area contributed by atoms with Crippen molar-refractivity contribution in [2.24, 2.45) is 5.92 Å². The third-order valence-corrected chi connectivity index (χ3v) is 5.06. The highest BCUT2D eigenvalue weighted by atomic mass is 16.5. The van der Waals surface area contributed by atoms with E-state index in [-0.39, 0.29) is 24.3 Å². The van der Waals surface area contributed by atoms with Crippen LogP contribution in [0.5, 0.6) is 0 Å². The van der Waals surface area contributed by atoms with Gasteiger partial charge in [-0.1, -0.05) is 12.1 Å². The predicted molar refractivity (Wildman–Crippen MR) is 98.1 cm³/mol. The average Bonchev–Trinajstić information content (AvgIpc) is 3.34. The molecule has 1 saturated carbocycles. The van der Waals surface area contributed by atoms with Crippen molar-refractivity contribution < 1.29 is 19.2 Å². The van der Waals surface area contributed by atoms with Gasteiger partial charge in [-0.15, -0.1) is 10.2 Å². The second-order valence-electron chi connectivity index (χ2n) is 7.17. The molecule has 2 aromatic heterocycles. The highest BCUT2D eigenvalue weighted by Gasteiger charge is 2.38. The van der Waals surface area contributed by atoms with E-state index >= 15 is 0 Å². The molecule has 0 saturated heterocycles. The summed E-state index contributed by atoms with van der Waals surface area (Å²) < 4.78 is 6.91. The summed E-state index contributed by atoms with van der Waals surface area (Å²) in [5.41, 5.74) is 0.864. The molecule has 0 spiro atoms. The van der Waals surface area contributed by atoms with Crippen LogP contribution in [0, 0.1) is 19.8 Å². The number of rotatable bonds is 7. The van der Waals surface area contributed by atoms with Gasteiger partial charge in [0.1, 0.15) is 17.7 Å². The zero-order valence-corrected chi connectivity index (χ0v) is 16.3. The van der Waals surface area contributed by atoms with Crippen LogP contribution in [-0.4, -0.2) is 49.0 Å². The number of nitrogens with one attached hydrogen (secondary N) is 2. The van der Waals surface area contributed by atoms with Crippen molar-refractivity contribution in [3.8, 4) is 0 Å². The molecule has 2 heterocycles. The van der Waals surface area contributed by atoms with Crippen molar-refractivity contribution in [1.29, 1.82) is 0 Å². The van der Waals surface area contributed by atoms with Gasteiger partial charge in [-0.25, -0.2) is 0 Å². The summed E-state index contributed by atoms with van der Waals surface area (Å²) in [5, 5.41) is 27.6. The molecule has 1 aliphatic carbocycles. The van der Waals surface area contributed by atoms with E-state index in [2.05, 4.69) is 32.9 Å². The summed E-state index contributed by atoms with van der Waals surface area (Å²) in [6.45, 7) is 6.47. The third-order valence-electron chi connectivity index (χ3n) is 5.06. The van der Waals surface area contributed by atoms with Crippen LogP contribution >= 0.6 is 0 Å². The van der Waals surface area contributed by atoms with Crippen LogP contribution < -0.4 is 10.6 Å². The molecule has 0 bridgehead atoms. The fraction of sp³-hybridized carbons (Fsp3) is 0.611. The normalized spacial score (nSPS) is 21.6. The van der Waals surface area contributed by atoms with Gasteiger partial charge in [0.15, 0.2) is 5.82 Å². The molecule has 1 aliphatic rings. The van der Waals surface area contributed by atoms with Crippen molar-refractivity contribution in [3.63, 3.8) is 0 Å². The molecule has 1 fully saturated rings. The molecule has 3 atom stereocenters. The SMILES string of the molecule is CCCn1cnnc1CNC(=O)[C@@H]1C[C@@H](O)[C@H](NC(=O)c2c(C)noc2C)C1. The van der Waals surface area contributed by atoms with Crippen molar-refractivity contribution in [2.45, 2.75) is 65.3 Å². The number of hydrogen-bond acceptors (Lipinski definition) is 7. The molecule has 0 radical (unpaired) electrons. The van der Waals surface area contributed by atoms with Gasteiger partial charge < -0.3 is 24.8 Å². The fourth-order valence-corrected chi connectivity index (χ4v) is 3.59. The Morgan fingerprint density at radius 3 is 2.82 bits per heavy atom. The van der Waals surface area contributed by atoms with E-state index in [1.165, 1.54) is 0 Å². The van der Waals surface area contributed by atoms with Crippen molar-refractivity contribution in [1.82, 2.24) is 30.6 Å². The summed E-state index contributed by atoms with van der Waals surface area (Å²) in [5.74, 6) is 0.214. The number of nitrogens with zero attached hydrogens (tertiary/aromatic N) is 4. The van der Waals surface area contributed by atoms with Crippen LogP contribution in [0.4, 0.5) is 0 Å². The first kappa shape index (κ1) is 20.0. The minimum Gasteiger partial charge on any atom is -0.391 e. The fourth-order valence-electron chi connectivity index (χ4n) is 3.59. The Hall–Kier alpha value is -2.75. The largest absolute Gasteiger partial charge is 0.391 e. The van der Waals surface area contributed by atoms with E-state index < -0.39 is 12.1 Å². The second kappa shape index (κ2) is 8.51. The molecule has 0 unspecified atom stereocenters. The first-order valence-corrected chi connectivity index (χ1v) is 9.46. The van der Waals surface area contributed by atoms with Gasteiger partial charge in [0.2, 0.25) is 5.91 Å². The number of aliphatic hydroxyl groups is 1. The third kappa shape index (κ3) is 4.22. The van der Waals surface area contributed by atoms with Crippen LogP contribution in [0.1, 0.15) is 53.8 Å². The van der Waals surface area contributed by atoms with E-state index in [1.54, 1.807) is 20.2 Å². The molecule has 10 heteroatoms. The highest BCUT2D eigenvalue weighted by molar-refractivity contribution is 5.96. The Balaban J connectivity index is 1.55. The first-order chi connectivity index (χ1) is 13.4. The van der Waals surface area contributed by atoms with E-state index in [0.29, 0.717) is 35.7 Å². The lowest BCUT2D eigenvalue weighted by Gasteiger charge is -2.16. The maximum atomic E-state index is 12.5. The topological polar surface area (TPSA) is 135 Å². The van der Waals surface area contributed by atoms with Crippen LogP contribution in [0.3, 0.4) is 0 Å². The van der Waals surface area contributed by atoms with Gasteiger partial charge >= 0.3 is 0 Å². The zero-order valence-electron chi connectivity index (χ0n) is 16.3. The first-order valence-electron chi connectivity index (χ1n) is 9.46. The number of carbonyl (C=O) groups is 2. The van der Waals surface area contributed by atoms with E-state index in [1.807, 2.05) is 4.57 Å². The second-order valence-corrected chi connectivity index (χ2v) is 7.17. The van der Waals surface area contributed by atoms with Gasteiger partial charge in [0, 0.05) is 12.5 Å². The molecule has 2 aromatic rings. The molecule has 3 N–H and O–H groups in total. The van der Waals surface area contributed by atoms with Gasteiger partial charge in [-0.3, -0.25) is 9.59 Å². The summed E-state index contributed by atoms with van der Waals surface area (Å²) in [7, 11) is 0. The summed E-state index contributed by atoms with van der Waals surface area (Å²) in [6, 6.07) is -0.499. The van der Waals surface area contributed by atoms with Crippen LogP contribution in [0.15, 0.2) is 10.9 Å². The molecular weight excluding hydrogens is 364 g/mol. The predicted octanol–water partition coefficient (Wildman–Crippen LogP) is 0.479. The summed E-state index contributed by atoms with van der Waals surface area (Å²) in [4.78, 5) is 25.0. The van der Waals surface area contributed by atoms with E-state index in [4.69, 9.17) is 4.52 Å². The Bertz CT molecular complexity index is 825. The van der Waals surface area contributed by atoms with Gasteiger partial charge in [0.05, 0.1) is 24.4 Å². The monoisotopic (exact) mass is 390 g/mol. The molecule has 0 aliphatic heterocycles. The van der Waals surface area contributed by atoms with E-state index in [0.717, 1.165) is 13.0 Å². The van der Waals surface area contributed by atoms with Crippen LogP contribution in [-0.2, 0) is 17.9 Å². The van der Waals surface area contributed by atoms with Crippen molar-refractivity contribution in [2.75, 3.05) is 0 Å². The Morgan fingerprint density at radius 2 is 2.14 bits per heavy atom. The lowest BCUT2D eigenvalue weighted by Crippen LogP contribution is -2.40. The maximum Gasteiger partial charge on any atom is 0.257 e. The standard InChI is InChI=1S/C18H26N6O4/c1-4-5-24-9-20-22-15(24)8-19-17(26)12-6-13(14(25)7-12)21-18(27)16-10(2)23-28-11(16)3/h9,12-14,25H,4-8H2,1-3H3,(H,19,26)(H,21,27)/t12-,13+,14+/m0/s1. The van der Waals surface area contributed by atoms with Crippen molar-refractivity contribution in [3.05, 3.63) is 29.2 Å². The Kier molecular flexibility index (Phi) is 6.08. The quantitative estimate of drug-likeness (QED) is 0.626. The minimum atomic E-state index is -0.788. The average molecular weight is 390 g/mol. The van der Waals surface area contributed by atoms with Gasteiger partial charge in [0.25, 0.3) is 5.91 Å². The number of aliphatic hydroxyl groups excluding tert-OH is 1. The number of aromatic nitrogens is 4. The molecule has 3 rings (SSSR count). The molecule has 28 heavy (non-hydrogen) atoms. The zero-order chi connectivity index (χ0) is 20.3. The van der Waals surface area contributed by atoms with E-state index in [9.17, 15) is 14.7 Å². The maximum absolute atomic E-state index is 12.5. The number of hydrogen-bond donors (Lipinski definition) is 3. The summed E-state index contributed by atoms with van der Waals surface area (Å²) >= 11 is 0. The van der Waals surface area contributed by atoms with Gasteiger partial charge in [-0.05, 0) is 33.1 Å². The number of aryl methyl sites for hydroxylation is 3. The van der Waals surface area contributed by atoms with Gasteiger partial charge in [-0.2, -0.15) is 0 Å². The molecule has 10 nitrogen and oxygen atoms in total. The lowest BCUT2D eigenvalue weighted by molar-refractivity contribution is -0.125. The number of amides is 2. The van der Waals surface area contributed by atoms with Crippen LogP contribution in [0.2, 0.25) is 0 Å². The summed E-state index contributed by atoms with van der Waals surface area (Å²) in [6.07, 6.45) is 2.46. The molecular formula is C18H26N6O4. The lowest BCUT2D eigenvalue weighted by atomic mass is 10.1. The Labute approximate surface area is 162 Å². The molecule has 2 amide bonds.